The van der Waals surface area contributed by atoms with Crippen molar-refractivity contribution in [2.75, 3.05) is 13.2 Å². The minimum absolute atomic E-state index is 0.204. The van der Waals surface area contributed by atoms with Gasteiger partial charge >= 0.3 is 5.97 Å². The van der Waals surface area contributed by atoms with Gasteiger partial charge in [0.05, 0.1) is 18.6 Å². The molecule has 0 spiro atoms. The van der Waals surface area contributed by atoms with Crippen LogP contribution in [0.3, 0.4) is 0 Å². The Labute approximate surface area is 99.2 Å². The van der Waals surface area contributed by atoms with Crippen LogP contribution in [0, 0.1) is 11.7 Å². The molecule has 0 bridgehead atoms. The van der Waals surface area contributed by atoms with E-state index >= 15 is 0 Å². The first kappa shape index (κ1) is 12.0. The maximum atomic E-state index is 13.7. The lowest BCUT2D eigenvalue weighted by Crippen LogP contribution is -2.40. The van der Waals surface area contributed by atoms with E-state index in [1.807, 2.05) is 0 Å². The van der Waals surface area contributed by atoms with Crippen molar-refractivity contribution in [3.63, 3.8) is 0 Å². The predicted molar refractivity (Wildman–Crippen MR) is 60.3 cm³/mol. The zero-order valence-corrected chi connectivity index (χ0v) is 9.65. The van der Waals surface area contributed by atoms with Crippen LogP contribution in [0.4, 0.5) is 4.39 Å². The number of rotatable bonds is 4. The average molecular weight is 238 g/mol. The lowest BCUT2D eigenvalue weighted by molar-refractivity contribution is -0.146. The van der Waals surface area contributed by atoms with Crippen LogP contribution in [-0.2, 0) is 14.9 Å². The van der Waals surface area contributed by atoms with Crippen molar-refractivity contribution in [2.45, 2.75) is 18.8 Å². The quantitative estimate of drug-likeness (QED) is 0.874. The van der Waals surface area contributed by atoms with Crippen molar-refractivity contribution in [1.82, 2.24) is 0 Å². The number of ether oxygens (including phenoxy) is 1. The van der Waals surface area contributed by atoms with Crippen molar-refractivity contribution < 1.29 is 19.0 Å². The normalized spacial score (nSPS) is 19.4. The van der Waals surface area contributed by atoms with Gasteiger partial charge in [0.15, 0.2) is 0 Å². The molecule has 1 fully saturated rings. The molecular weight excluding hydrogens is 223 g/mol. The largest absolute Gasteiger partial charge is 0.481 e. The predicted octanol–water partition coefficient (Wildman–Crippen LogP) is 2.20. The van der Waals surface area contributed by atoms with Gasteiger partial charge in [0.25, 0.3) is 0 Å². The van der Waals surface area contributed by atoms with Crippen molar-refractivity contribution in [1.29, 1.82) is 0 Å². The number of benzene rings is 1. The summed E-state index contributed by atoms with van der Waals surface area (Å²) in [5.74, 6) is -1.25. The van der Waals surface area contributed by atoms with E-state index in [1.165, 1.54) is 6.07 Å². The maximum absolute atomic E-state index is 13.7. The van der Waals surface area contributed by atoms with Gasteiger partial charge < -0.3 is 9.84 Å². The fraction of sp³-hybridized carbons (Fsp3) is 0.462. The van der Waals surface area contributed by atoms with Gasteiger partial charge in [-0.2, -0.15) is 0 Å². The van der Waals surface area contributed by atoms with Gasteiger partial charge in [-0.25, -0.2) is 4.39 Å². The first-order chi connectivity index (χ1) is 8.04. The summed E-state index contributed by atoms with van der Waals surface area (Å²) in [5, 5.41) is 9.37. The molecule has 1 aliphatic rings. The van der Waals surface area contributed by atoms with E-state index in [-0.39, 0.29) is 11.5 Å². The Morgan fingerprint density at radius 2 is 2.18 bits per heavy atom. The molecule has 0 aromatic heterocycles. The lowest BCUT2D eigenvalue weighted by atomic mass is 9.74. The van der Waals surface area contributed by atoms with Gasteiger partial charge in [-0.1, -0.05) is 18.2 Å². The minimum Gasteiger partial charge on any atom is -0.481 e. The van der Waals surface area contributed by atoms with Crippen LogP contribution in [-0.4, -0.2) is 24.3 Å². The second-order valence-electron chi connectivity index (χ2n) is 4.72. The van der Waals surface area contributed by atoms with Crippen LogP contribution < -0.4 is 0 Å². The molecule has 17 heavy (non-hydrogen) atoms. The number of aliphatic carboxylic acids is 1. The van der Waals surface area contributed by atoms with Crippen LogP contribution in [0.25, 0.3) is 0 Å². The van der Waals surface area contributed by atoms with Crippen molar-refractivity contribution in [3.05, 3.63) is 35.6 Å². The highest BCUT2D eigenvalue weighted by atomic mass is 19.1. The summed E-state index contributed by atoms with van der Waals surface area (Å²) in [6.07, 6.45) is 0.406. The van der Waals surface area contributed by atoms with E-state index in [1.54, 1.807) is 25.1 Å². The summed E-state index contributed by atoms with van der Waals surface area (Å²) >= 11 is 0. The first-order valence-corrected chi connectivity index (χ1v) is 5.60. The molecule has 1 aromatic carbocycles. The SMILES string of the molecule is CC(CC1COC1)(C(=O)O)c1ccccc1F. The number of carboxylic acids is 1. The highest BCUT2D eigenvalue weighted by molar-refractivity contribution is 5.81. The molecule has 0 saturated carbocycles. The highest BCUT2D eigenvalue weighted by Crippen LogP contribution is 2.35. The van der Waals surface area contributed by atoms with Gasteiger partial charge in [-0.15, -0.1) is 0 Å². The summed E-state index contributed by atoms with van der Waals surface area (Å²) in [5.41, 5.74) is -0.931. The van der Waals surface area contributed by atoms with Gasteiger partial charge in [0.1, 0.15) is 5.82 Å². The molecule has 0 amide bonds. The molecule has 0 radical (unpaired) electrons. The molecule has 92 valence electrons. The van der Waals surface area contributed by atoms with E-state index in [0.29, 0.717) is 19.6 Å². The molecule has 1 heterocycles. The van der Waals surface area contributed by atoms with E-state index < -0.39 is 17.2 Å². The third kappa shape index (κ3) is 2.17. The van der Waals surface area contributed by atoms with E-state index in [4.69, 9.17) is 4.74 Å². The smallest absolute Gasteiger partial charge is 0.313 e. The van der Waals surface area contributed by atoms with Gasteiger partial charge in [-0.05, 0) is 19.4 Å². The third-order valence-corrected chi connectivity index (χ3v) is 3.34. The Morgan fingerprint density at radius 1 is 1.53 bits per heavy atom. The molecule has 1 aliphatic heterocycles. The summed E-state index contributed by atoms with van der Waals surface area (Å²) in [6.45, 7) is 2.71. The molecule has 1 saturated heterocycles. The fourth-order valence-corrected chi connectivity index (χ4v) is 2.20. The summed E-state index contributed by atoms with van der Waals surface area (Å²) in [4.78, 5) is 11.4. The first-order valence-electron chi connectivity index (χ1n) is 5.60. The van der Waals surface area contributed by atoms with Gasteiger partial charge in [-0.3, -0.25) is 4.79 Å². The number of halogens is 1. The lowest BCUT2D eigenvalue weighted by Gasteiger charge is -2.34. The molecule has 0 aliphatic carbocycles. The second-order valence-corrected chi connectivity index (χ2v) is 4.72. The molecule has 1 N–H and O–H groups in total. The molecule has 1 atom stereocenters. The molecule has 1 aromatic rings. The fourth-order valence-electron chi connectivity index (χ4n) is 2.20. The number of carboxylic acid groups (broad SMARTS) is 1. The Balaban J connectivity index is 2.33. The van der Waals surface area contributed by atoms with Crippen LogP contribution in [0.1, 0.15) is 18.9 Å². The number of hydrogen-bond donors (Lipinski definition) is 1. The third-order valence-electron chi connectivity index (χ3n) is 3.34. The van der Waals surface area contributed by atoms with Crippen molar-refractivity contribution in [3.8, 4) is 0 Å². The second kappa shape index (κ2) is 4.45. The summed E-state index contributed by atoms with van der Waals surface area (Å²) < 4.78 is 18.8. The van der Waals surface area contributed by atoms with Gasteiger partial charge in [0, 0.05) is 11.5 Å². The van der Waals surface area contributed by atoms with E-state index in [0.717, 1.165) is 0 Å². The zero-order chi connectivity index (χ0) is 12.5. The van der Waals surface area contributed by atoms with Crippen LogP contribution >= 0.6 is 0 Å². The molecule has 3 nitrogen and oxygen atoms in total. The molecular formula is C13H15FO3. The van der Waals surface area contributed by atoms with Crippen molar-refractivity contribution >= 4 is 5.97 Å². The molecule has 4 heteroatoms. The zero-order valence-electron chi connectivity index (χ0n) is 9.65. The standard InChI is InChI=1S/C13H15FO3/c1-13(12(15)16,6-9-7-17-8-9)10-4-2-3-5-11(10)14/h2-5,9H,6-8H2,1H3,(H,15,16). The van der Waals surface area contributed by atoms with E-state index in [2.05, 4.69) is 0 Å². The van der Waals surface area contributed by atoms with Crippen LogP contribution in [0.15, 0.2) is 24.3 Å². The Kier molecular flexibility index (Phi) is 3.15. The maximum Gasteiger partial charge on any atom is 0.313 e. The highest BCUT2D eigenvalue weighted by Gasteiger charge is 2.41. The van der Waals surface area contributed by atoms with Crippen LogP contribution in [0.2, 0.25) is 0 Å². The molecule has 2 rings (SSSR count). The number of hydrogen-bond acceptors (Lipinski definition) is 2. The van der Waals surface area contributed by atoms with Crippen LogP contribution in [0.5, 0.6) is 0 Å². The minimum atomic E-state index is -1.18. The Hall–Kier alpha value is -1.42. The Bertz CT molecular complexity index is 428. The Morgan fingerprint density at radius 3 is 2.65 bits per heavy atom. The van der Waals surface area contributed by atoms with E-state index in [9.17, 15) is 14.3 Å². The van der Waals surface area contributed by atoms with Gasteiger partial charge in [0.2, 0.25) is 0 Å². The van der Waals surface area contributed by atoms with Crippen molar-refractivity contribution in [2.24, 2.45) is 5.92 Å². The molecule has 1 unspecified atom stereocenters. The topological polar surface area (TPSA) is 46.5 Å². The summed E-state index contributed by atoms with van der Waals surface area (Å²) in [6, 6.07) is 6.07. The monoisotopic (exact) mass is 238 g/mol. The summed E-state index contributed by atoms with van der Waals surface area (Å²) in [7, 11) is 0. The number of carbonyl (C=O) groups is 1. The average Bonchev–Trinajstić information content (AvgIpc) is 2.23.